The van der Waals surface area contributed by atoms with Crippen molar-refractivity contribution in [1.82, 2.24) is 4.90 Å². The van der Waals surface area contributed by atoms with E-state index in [0.717, 1.165) is 6.54 Å². The maximum Gasteiger partial charge on any atom is 0.314 e. The number of esters is 1. The molecule has 0 spiro atoms. The van der Waals surface area contributed by atoms with Crippen molar-refractivity contribution in [2.75, 3.05) is 26.7 Å². The van der Waals surface area contributed by atoms with E-state index in [2.05, 4.69) is 0 Å². The number of rotatable bonds is 3. The van der Waals surface area contributed by atoms with Crippen molar-refractivity contribution in [3.63, 3.8) is 0 Å². The van der Waals surface area contributed by atoms with Gasteiger partial charge in [0.15, 0.2) is 0 Å². The molecule has 1 saturated heterocycles. The molecule has 88 valence electrons. The van der Waals surface area contributed by atoms with Crippen LogP contribution < -0.4 is 0 Å². The van der Waals surface area contributed by atoms with E-state index in [1.807, 2.05) is 11.9 Å². The number of nitrogens with zero attached hydrogens (tertiary/aromatic N) is 1. The van der Waals surface area contributed by atoms with Crippen molar-refractivity contribution in [3.8, 4) is 0 Å². The molecule has 0 aliphatic carbocycles. The Morgan fingerprint density at radius 3 is 2.60 bits per heavy atom. The summed E-state index contributed by atoms with van der Waals surface area (Å²) in [5.74, 6) is -0.317. The molecule has 0 bridgehead atoms. The lowest BCUT2D eigenvalue weighted by molar-refractivity contribution is -0.169. The molecule has 15 heavy (non-hydrogen) atoms. The van der Waals surface area contributed by atoms with E-state index >= 15 is 0 Å². The van der Waals surface area contributed by atoms with Crippen LogP contribution in [-0.4, -0.2) is 48.3 Å². The first kappa shape index (κ1) is 12.5. The van der Waals surface area contributed by atoms with Crippen molar-refractivity contribution < 1.29 is 14.6 Å². The molecular formula is C11H21NO3. The second-order valence-electron chi connectivity index (χ2n) is 4.86. The normalized spacial score (nSPS) is 28.1. The highest BCUT2D eigenvalue weighted by molar-refractivity contribution is 5.77. The third-order valence-electron chi connectivity index (χ3n) is 3.39. The minimum absolute atomic E-state index is 0.317. The summed E-state index contributed by atoms with van der Waals surface area (Å²) in [6, 6.07) is 0. The zero-order valence-corrected chi connectivity index (χ0v) is 10.0. The van der Waals surface area contributed by atoms with Gasteiger partial charge in [-0.2, -0.15) is 0 Å². The van der Waals surface area contributed by atoms with Crippen LogP contribution in [0, 0.1) is 5.41 Å². The summed E-state index contributed by atoms with van der Waals surface area (Å²) in [6.07, 6.45) is 0.620. The van der Waals surface area contributed by atoms with Crippen molar-refractivity contribution in [3.05, 3.63) is 0 Å². The predicted octanol–water partition coefficient (Wildman–Crippen LogP) is 0.642. The van der Waals surface area contributed by atoms with Crippen LogP contribution in [0.25, 0.3) is 0 Å². The molecule has 1 aliphatic rings. The zero-order chi connectivity index (χ0) is 11.7. The maximum absolute atomic E-state index is 11.8. The summed E-state index contributed by atoms with van der Waals surface area (Å²) >= 11 is 0. The molecule has 0 aromatic heterocycles. The zero-order valence-electron chi connectivity index (χ0n) is 10.0. The standard InChI is InChI=1S/C11H21NO3/c1-5-15-9(13)10(2,3)11(14)6-7-12(4)8-11/h14H,5-8H2,1-4H3. The predicted molar refractivity (Wildman–Crippen MR) is 57.5 cm³/mol. The van der Waals surface area contributed by atoms with Crippen molar-refractivity contribution in [2.45, 2.75) is 32.8 Å². The van der Waals surface area contributed by atoms with Gasteiger partial charge in [-0.1, -0.05) is 0 Å². The van der Waals surface area contributed by atoms with Gasteiger partial charge in [-0.3, -0.25) is 4.79 Å². The first-order valence-corrected chi connectivity index (χ1v) is 5.41. The fourth-order valence-corrected chi connectivity index (χ4v) is 1.99. The molecule has 1 atom stereocenters. The number of hydrogen-bond donors (Lipinski definition) is 1. The van der Waals surface area contributed by atoms with Gasteiger partial charge in [0.1, 0.15) is 0 Å². The summed E-state index contributed by atoms with van der Waals surface area (Å²) in [7, 11) is 1.94. The number of carbonyl (C=O) groups is 1. The lowest BCUT2D eigenvalue weighted by Gasteiger charge is -2.37. The second-order valence-corrected chi connectivity index (χ2v) is 4.86. The molecule has 1 aliphatic heterocycles. The van der Waals surface area contributed by atoms with Gasteiger partial charge in [0.25, 0.3) is 0 Å². The van der Waals surface area contributed by atoms with Crippen molar-refractivity contribution in [2.24, 2.45) is 5.41 Å². The highest BCUT2D eigenvalue weighted by Crippen LogP contribution is 2.38. The van der Waals surface area contributed by atoms with E-state index in [4.69, 9.17) is 4.74 Å². The molecule has 0 aromatic rings. The van der Waals surface area contributed by atoms with Crippen LogP contribution >= 0.6 is 0 Å². The van der Waals surface area contributed by atoms with Crippen LogP contribution in [-0.2, 0) is 9.53 Å². The number of ether oxygens (including phenoxy) is 1. The Balaban J connectivity index is 2.80. The molecule has 0 amide bonds. The molecule has 0 saturated carbocycles. The molecule has 4 nitrogen and oxygen atoms in total. The second kappa shape index (κ2) is 4.10. The van der Waals surface area contributed by atoms with E-state index in [9.17, 15) is 9.90 Å². The Kier molecular flexibility index (Phi) is 3.41. The van der Waals surface area contributed by atoms with Crippen LogP contribution in [0.4, 0.5) is 0 Å². The first-order chi connectivity index (χ1) is 6.83. The average Bonchev–Trinajstić information content (AvgIpc) is 2.48. The van der Waals surface area contributed by atoms with Crippen LogP contribution in [0.1, 0.15) is 27.2 Å². The molecule has 1 fully saturated rings. The van der Waals surface area contributed by atoms with Gasteiger partial charge in [0.05, 0.1) is 17.6 Å². The Morgan fingerprint density at radius 1 is 1.60 bits per heavy atom. The number of hydrogen-bond acceptors (Lipinski definition) is 4. The maximum atomic E-state index is 11.8. The average molecular weight is 215 g/mol. The van der Waals surface area contributed by atoms with Crippen molar-refractivity contribution >= 4 is 5.97 Å². The van der Waals surface area contributed by atoms with Gasteiger partial charge >= 0.3 is 5.97 Å². The van der Waals surface area contributed by atoms with Crippen LogP contribution in [0.5, 0.6) is 0 Å². The highest BCUT2D eigenvalue weighted by Gasteiger charge is 2.52. The van der Waals surface area contributed by atoms with Crippen LogP contribution in [0.3, 0.4) is 0 Å². The SMILES string of the molecule is CCOC(=O)C(C)(C)C1(O)CCN(C)C1. The third-order valence-corrected chi connectivity index (χ3v) is 3.39. The van der Waals surface area contributed by atoms with E-state index in [1.165, 1.54) is 0 Å². The summed E-state index contributed by atoms with van der Waals surface area (Å²) in [5, 5.41) is 10.4. The van der Waals surface area contributed by atoms with Gasteiger partial charge in [0.2, 0.25) is 0 Å². The van der Waals surface area contributed by atoms with E-state index in [-0.39, 0.29) is 5.97 Å². The van der Waals surface area contributed by atoms with Gasteiger partial charge in [-0.05, 0) is 34.2 Å². The van der Waals surface area contributed by atoms with E-state index in [0.29, 0.717) is 19.6 Å². The monoisotopic (exact) mass is 215 g/mol. The van der Waals surface area contributed by atoms with E-state index < -0.39 is 11.0 Å². The molecule has 1 rings (SSSR count). The number of likely N-dealkylation sites (tertiary alicyclic amines) is 1. The number of β-amino-alcohol motifs (C(OH)–C–C–N with tert-alkyl or cyclic N) is 1. The van der Waals surface area contributed by atoms with Gasteiger partial charge in [-0.15, -0.1) is 0 Å². The smallest absolute Gasteiger partial charge is 0.314 e. The molecule has 4 heteroatoms. The highest BCUT2D eigenvalue weighted by atomic mass is 16.5. The molecule has 0 aromatic carbocycles. The minimum atomic E-state index is -0.964. The van der Waals surface area contributed by atoms with Crippen molar-refractivity contribution in [1.29, 1.82) is 0 Å². The van der Waals surface area contributed by atoms with Gasteiger partial charge in [0, 0.05) is 13.1 Å². The molecule has 0 radical (unpaired) electrons. The van der Waals surface area contributed by atoms with Crippen LogP contribution in [0.2, 0.25) is 0 Å². The van der Waals surface area contributed by atoms with E-state index in [1.54, 1.807) is 20.8 Å². The Bertz CT molecular complexity index is 252. The lowest BCUT2D eigenvalue weighted by atomic mass is 9.74. The Hall–Kier alpha value is -0.610. The lowest BCUT2D eigenvalue weighted by Crippen LogP contribution is -2.51. The minimum Gasteiger partial charge on any atom is -0.465 e. The summed E-state index contributed by atoms with van der Waals surface area (Å²) in [6.45, 7) is 6.99. The van der Waals surface area contributed by atoms with Gasteiger partial charge in [-0.25, -0.2) is 0 Å². The number of aliphatic hydroxyl groups is 1. The molecule has 1 N–H and O–H groups in total. The Morgan fingerprint density at radius 2 is 2.20 bits per heavy atom. The first-order valence-electron chi connectivity index (χ1n) is 5.41. The van der Waals surface area contributed by atoms with Crippen LogP contribution in [0.15, 0.2) is 0 Å². The summed E-state index contributed by atoms with van der Waals surface area (Å²) < 4.78 is 5.00. The quantitative estimate of drug-likeness (QED) is 0.702. The molecule has 1 heterocycles. The summed E-state index contributed by atoms with van der Waals surface area (Å²) in [4.78, 5) is 13.8. The molecular weight excluding hydrogens is 194 g/mol. The molecule has 1 unspecified atom stereocenters. The number of likely N-dealkylation sites (N-methyl/N-ethyl adjacent to an activating group) is 1. The fourth-order valence-electron chi connectivity index (χ4n) is 1.99. The summed E-state index contributed by atoms with van der Waals surface area (Å²) in [5.41, 5.74) is -1.80. The van der Waals surface area contributed by atoms with Gasteiger partial charge < -0.3 is 14.7 Å². The number of carbonyl (C=O) groups excluding carboxylic acids is 1. The largest absolute Gasteiger partial charge is 0.465 e. The Labute approximate surface area is 91.2 Å². The fraction of sp³-hybridized carbons (Fsp3) is 0.909. The third kappa shape index (κ3) is 2.16. The topological polar surface area (TPSA) is 49.8 Å².